The highest BCUT2D eigenvalue weighted by Gasteiger charge is 2.04. The Kier molecular flexibility index (Phi) is 4.96. The fourth-order valence-corrected chi connectivity index (χ4v) is 2.84. The number of nitrogens with one attached hydrogen (secondary N) is 1. The van der Waals surface area contributed by atoms with Gasteiger partial charge in [-0.1, -0.05) is 55.1 Å². The van der Waals surface area contributed by atoms with Crippen LogP contribution in [0.15, 0.2) is 45.3 Å². The predicted molar refractivity (Wildman–Crippen MR) is 85.6 cm³/mol. The number of anilines is 1. The van der Waals surface area contributed by atoms with E-state index in [4.69, 9.17) is 23.2 Å². The second kappa shape index (κ2) is 6.29. The minimum atomic E-state index is 0.625. The van der Waals surface area contributed by atoms with Crippen LogP contribution in [0.1, 0.15) is 5.56 Å². The molecule has 0 atom stereocenters. The summed E-state index contributed by atoms with van der Waals surface area (Å²) in [6, 6.07) is 11.5. The van der Waals surface area contributed by atoms with Gasteiger partial charge in [0.25, 0.3) is 0 Å². The minimum absolute atomic E-state index is 0.625. The van der Waals surface area contributed by atoms with Gasteiger partial charge in [-0.15, -0.1) is 0 Å². The first kappa shape index (κ1) is 14.2. The fourth-order valence-electron chi connectivity index (χ4n) is 1.50. The van der Waals surface area contributed by atoms with Crippen molar-refractivity contribution < 1.29 is 0 Å². The summed E-state index contributed by atoms with van der Waals surface area (Å²) in [5, 5.41) is 4.68. The van der Waals surface area contributed by atoms with Gasteiger partial charge < -0.3 is 5.32 Å². The molecule has 0 aliphatic carbocycles. The summed E-state index contributed by atoms with van der Waals surface area (Å²) in [7, 11) is 0. The zero-order valence-corrected chi connectivity index (χ0v) is 13.9. The maximum absolute atomic E-state index is 6.13. The zero-order chi connectivity index (χ0) is 13.1. The van der Waals surface area contributed by atoms with Gasteiger partial charge in [0, 0.05) is 20.5 Å². The Morgan fingerprint density at radius 3 is 2.28 bits per heavy atom. The molecule has 0 amide bonds. The molecule has 18 heavy (non-hydrogen) atoms. The van der Waals surface area contributed by atoms with Crippen molar-refractivity contribution >= 4 is 60.7 Å². The molecule has 0 unspecified atom stereocenters. The summed E-state index contributed by atoms with van der Waals surface area (Å²) in [6.45, 7) is 0.625. The Labute approximate surface area is 133 Å². The van der Waals surface area contributed by atoms with Crippen LogP contribution < -0.4 is 5.32 Å². The standard InChI is InChI=1S/C13H9Br2Cl2N/c14-9-1-3-11(16)8(5-9)7-18-13-4-2-10(15)6-12(13)17/h1-6,18H,7H2. The zero-order valence-electron chi connectivity index (χ0n) is 9.18. The van der Waals surface area contributed by atoms with Crippen molar-refractivity contribution in [2.45, 2.75) is 6.54 Å². The summed E-state index contributed by atoms with van der Waals surface area (Å²) in [4.78, 5) is 0. The van der Waals surface area contributed by atoms with E-state index in [1.165, 1.54) is 0 Å². The SMILES string of the molecule is Clc1ccc(Br)cc1CNc1ccc(Br)cc1Cl. The maximum Gasteiger partial charge on any atom is 0.0648 e. The maximum atomic E-state index is 6.13. The Balaban J connectivity index is 2.13. The van der Waals surface area contributed by atoms with Crippen LogP contribution in [-0.2, 0) is 6.54 Å². The molecule has 2 rings (SSSR count). The van der Waals surface area contributed by atoms with Crippen LogP contribution in [0, 0.1) is 0 Å². The van der Waals surface area contributed by atoms with Gasteiger partial charge in [-0.05, 0) is 42.0 Å². The molecule has 0 spiro atoms. The lowest BCUT2D eigenvalue weighted by molar-refractivity contribution is 1.15. The first-order valence-corrected chi connectivity index (χ1v) is 7.53. The van der Waals surface area contributed by atoms with E-state index in [0.717, 1.165) is 25.2 Å². The third-order valence-corrected chi connectivity index (χ3v) is 4.08. The third kappa shape index (κ3) is 3.64. The van der Waals surface area contributed by atoms with Crippen molar-refractivity contribution in [1.29, 1.82) is 0 Å². The fraction of sp³-hybridized carbons (Fsp3) is 0.0769. The molecule has 1 nitrogen and oxygen atoms in total. The summed E-state index contributed by atoms with van der Waals surface area (Å²) < 4.78 is 1.96. The van der Waals surface area contributed by atoms with Gasteiger partial charge in [-0.3, -0.25) is 0 Å². The molecule has 1 N–H and O–H groups in total. The lowest BCUT2D eigenvalue weighted by Crippen LogP contribution is -2.00. The largest absolute Gasteiger partial charge is 0.380 e. The van der Waals surface area contributed by atoms with Crippen LogP contribution in [-0.4, -0.2) is 0 Å². The summed E-state index contributed by atoms with van der Waals surface area (Å²) in [5.41, 5.74) is 1.90. The molecule has 0 saturated carbocycles. The highest BCUT2D eigenvalue weighted by molar-refractivity contribution is 9.10. The van der Waals surface area contributed by atoms with E-state index in [9.17, 15) is 0 Å². The first-order valence-electron chi connectivity index (χ1n) is 5.19. The molecule has 0 bridgehead atoms. The van der Waals surface area contributed by atoms with E-state index in [1.54, 1.807) is 0 Å². The van der Waals surface area contributed by atoms with Gasteiger partial charge in [0.15, 0.2) is 0 Å². The van der Waals surface area contributed by atoms with Crippen molar-refractivity contribution in [3.8, 4) is 0 Å². The van der Waals surface area contributed by atoms with E-state index in [1.807, 2.05) is 36.4 Å². The average Bonchev–Trinajstić information content (AvgIpc) is 2.32. The van der Waals surface area contributed by atoms with Crippen LogP contribution in [0.25, 0.3) is 0 Å². The van der Waals surface area contributed by atoms with Crippen LogP contribution in [0.5, 0.6) is 0 Å². The molecule has 5 heteroatoms. The number of rotatable bonds is 3. The molecule has 0 aliphatic heterocycles. The number of hydrogen-bond donors (Lipinski definition) is 1. The Morgan fingerprint density at radius 1 is 0.889 bits per heavy atom. The van der Waals surface area contributed by atoms with Gasteiger partial charge >= 0.3 is 0 Å². The summed E-state index contributed by atoms with van der Waals surface area (Å²) in [6.07, 6.45) is 0. The Morgan fingerprint density at radius 2 is 1.56 bits per heavy atom. The summed E-state index contributed by atoms with van der Waals surface area (Å²) >= 11 is 19.1. The van der Waals surface area contributed by atoms with Gasteiger partial charge in [0.05, 0.1) is 10.7 Å². The van der Waals surface area contributed by atoms with Crippen LogP contribution in [0.3, 0.4) is 0 Å². The molecule has 0 fully saturated rings. The number of benzene rings is 2. The van der Waals surface area contributed by atoms with E-state index < -0.39 is 0 Å². The summed E-state index contributed by atoms with van der Waals surface area (Å²) in [5.74, 6) is 0. The third-order valence-electron chi connectivity index (χ3n) is 2.41. The average molecular weight is 410 g/mol. The predicted octanol–water partition coefficient (Wildman–Crippen LogP) is 6.13. The van der Waals surface area contributed by atoms with E-state index in [2.05, 4.69) is 37.2 Å². The van der Waals surface area contributed by atoms with E-state index >= 15 is 0 Å². The van der Waals surface area contributed by atoms with Crippen LogP contribution >= 0.6 is 55.1 Å². The molecule has 0 aliphatic rings. The molecule has 2 aromatic rings. The topological polar surface area (TPSA) is 12.0 Å². The molecule has 2 aromatic carbocycles. The molecule has 0 saturated heterocycles. The highest BCUT2D eigenvalue weighted by Crippen LogP contribution is 2.27. The lowest BCUT2D eigenvalue weighted by Gasteiger charge is -2.10. The lowest BCUT2D eigenvalue weighted by atomic mass is 10.2. The second-order valence-electron chi connectivity index (χ2n) is 3.71. The Bertz CT molecular complexity index is 573. The number of halogens is 4. The second-order valence-corrected chi connectivity index (χ2v) is 6.36. The van der Waals surface area contributed by atoms with Gasteiger partial charge in [0.2, 0.25) is 0 Å². The quantitative estimate of drug-likeness (QED) is 0.642. The molecular weight excluding hydrogens is 401 g/mol. The number of hydrogen-bond acceptors (Lipinski definition) is 1. The first-order chi connectivity index (χ1) is 8.56. The molecule has 0 radical (unpaired) electrons. The van der Waals surface area contributed by atoms with Crippen LogP contribution in [0.2, 0.25) is 10.0 Å². The molecule has 94 valence electrons. The van der Waals surface area contributed by atoms with Crippen molar-refractivity contribution in [3.05, 3.63) is 61.0 Å². The van der Waals surface area contributed by atoms with Gasteiger partial charge in [0.1, 0.15) is 0 Å². The molecule has 0 heterocycles. The van der Waals surface area contributed by atoms with Gasteiger partial charge in [-0.25, -0.2) is 0 Å². The monoisotopic (exact) mass is 407 g/mol. The van der Waals surface area contributed by atoms with Crippen molar-refractivity contribution in [2.75, 3.05) is 5.32 Å². The van der Waals surface area contributed by atoms with E-state index in [-0.39, 0.29) is 0 Å². The molecular formula is C13H9Br2Cl2N. The Hall–Kier alpha value is -0.220. The van der Waals surface area contributed by atoms with Crippen LogP contribution in [0.4, 0.5) is 5.69 Å². The minimum Gasteiger partial charge on any atom is -0.380 e. The van der Waals surface area contributed by atoms with Gasteiger partial charge in [-0.2, -0.15) is 0 Å². The molecule has 0 aromatic heterocycles. The van der Waals surface area contributed by atoms with Crippen molar-refractivity contribution in [3.63, 3.8) is 0 Å². The smallest absolute Gasteiger partial charge is 0.0648 e. The van der Waals surface area contributed by atoms with Crippen molar-refractivity contribution in [1.82, 2.24) is 0 Å². The van der Waals surface area contributed by atoms with E-state index in [0.29, 0.717) is 11.6 Å². The normalized spacial score (nSPS) is 10.4. The van der Waals surface area contributed by atoms with Crippen molar-refractivity contribution in [2.24, 2.45) is 0 Å². The highest BCUT2D eigenvalue weighted by atomic mass is 79.9.